The normalized spacial score (nSPS) is 20.3. The van der Waals surface area contributed by atoms with Gasteiger partial charge in [-0.05, 0) is 60.4 Å². The maximum Gasteiger partial charge on any atom is 0.224 e. The van der Waals surface area contributed by atoms with E-state index in [0.29, 0.717) is 19.5 Å². The van der Waals surface area contributed by atoms with Gasteiger partial charge >= 0.3 is 0 Å². The van der Waals surface area contributed by atoms with E-state index < -0.39 is 0 Å². The molecule has 2 fully saturated rings. The van der Waals surface area contributed by atoms with Crippen LogP contribution in [0, 0.1) is 5.92 Å². The van der Waals surface area contributed by atoms with Crippen molar-refractivity contribution >= 4 is 12.3 Å². The third kappa shape index (κ3) is 11.3. The number of morpholine rings is 1. The van der Waals surface area contributed by atoms with Gasteiger partial charge in [0.15, 0.2) is 0 Å². The minimum Gasteiger partial charge on any atom is -0.497 e. The molecule has 2 N–H and O–H groups in total. The minimum absolute atomic E-state index is 0.0274. The number of methoxy groups -OCH3 is 1. The van der Waals surface area contributed by atoms with Crippen molar-refractivity contribution in [2.75, 3.05) is 53.1 Å². The minimum atomic E-state index is -0.185. The monoisotopic (exact) mass is 629 g/mol. The third-order valence-electron chi connectivity index (χ3n) is 8.98. The number of nitrogens with zero attached hydrogens (tertiary/aromatic N) is 2. The number of hydrogen-bond acceptors (Lipinski definition) is 6. The maximum absolute atomic E-state index is 13.4. The highest BCUT2D eigenvalue weighted by Crippen LogP contribution is 2.38. The molecular weight excluding hydrogens is 578 g/mol. The molecule has 1 saturated heterocycles. The van der Waals surface area contributed by atoms with Gasteiger partial charge in [0, 0.05) is 45.2 Å². The quantitative estimate of drug-likeness (QED) is 0.284. The molecular formula is C38H51N3O5. The van der Waals surface area contributed by atoms with Crippen LogP contribution in [0.15, 0.2) is 90.7 Å². The predicted octanol–water partition coefficient (Wildman–Crippen LogP) is 5.52. The molecule has 46 heavy (non-hydrogen) atoms. The Hall–Kier alpha value is -3.72. The zero-order valence-electron chi connectivity index (χ0n) is 27.3. The van der Waals surface area contributed by atoms with E-state index in [1.807, 2.05) is 53.5 Å². The van der Waals surface area contributed by atoms with Crippen LogP contribution in [0.5, 0.6) is 0 Å². The van der Waals surface area contributed by atoms with Gasteiger partial charge in [-0.15, -0.1) is 0 Å². The summed E-state index contributed by atoms with van der Waals surface area (Å²) in [7, 11) is 1.68. The lowest BCUT2D eigenvalue weighted by molar-refractivity contribution is -0.127. The number of aliphatic hydroxyl groups excluding tert-OH is 1. The van der Waals surface area contributed by atoms with E-state index in [0.717, 1.165) is 88.2 Å². The molecule has 1 saturated carbocycles. The topological polar surface area (TPSA) is 91.3 Å². The van der Waals surface area contributed by atoms with Crippen molar-refractivity contribution in [3.05, 3.63) is 107 Å². The smallest absolute Gasteiger partial charge is 0.224 e. The van der Waals surface area contributed by atoms with Crippen LogP contribution in [0.25, 0.3) is 0 Å². The fourth-order valence-electron chi connectivity index (χ4n) is 6.32. The summed E-state index contributed by atoms with van der Waals surface area (Å²) in [5.41, 5.74) is 3.31. The summed E-state index contributed by atoms with van der Waals surface area (Å²) >= 11 is 0. The molecule has 8 nitrogen and oxygen atoms in total. The lowest BCUT2D eigenvalue weighted by Crippen LogP contribution is -2.41. The summed E-state index contributed by atoms with van der Waals surface area (Å²) in [5, 5.41) is 12.8. The van der Waals surface area contributed by atoms with Gasteiger partial charge in [-0.3, -0.25) is 14.5 Å². The van der Waals surface area contributed by atoms with Gasteiger partial charge < -0.3 is 24.8 Å². The molecule has 8 heteroatoms. The second-order valence-electron chi connectivity index (χ2n) is 12.1. The van der Waals surface area contributed by atoms with Crippen LogP contribution in [0.1, 0.15) is 67.2 Å². The molecule has 1 heterocycles. The average molecular weight is 630 g/mol. The van der Waals surface area contributed by atoms with Gasteiger partial charge in [-0.1, -0.05) is 85.7 Å². The molecule has 3 unspecified atom stereocenters. The molecule has 1 aliphatic heterocycles. The van der Waals surface area contributed by atoms with Gasteiger partial charge in [0.2, 0.25) is 12.3 Å². The van der Waals surface area contributed by atoms with Gasteiger partial charge in [0.25, 0.3) is 0 Å². The molecule has 0 spiro atoms. The number of amides is 2. The van der Waals surface area contributed by atoms with Crippen molar-refractivity contribution in [1.29, 1.82) is 0 Å². The predicted molar refractivity (Wildman–Crippen MR) is 182 cm³/mol. The highest BCUT2D eigenvalue weighted by atomic mass is 16.5. The van der Waals surface area contributed by atoms with E-state index in [1.165, 1.54) is 5.56 Å². The highest BCUT2D eigenvalue weighted by molar-refractivity contribution is 5.80. The molecule has 248 valence electrons. The van der Waals surface area contributed by atoms with Crippen LogP contribution >= 0.6 is 0 Å². The van der Waals surface area contributed by atoms with Crippen LogP contribution in [-0.2, 0) is 25.6 Å². The Kier molecular flexibility index (Phi) is 15.1. The molecule has 2 aromatic rings. The van der Waals surface area contributed by atoms with E-state index in [-0.39, 0.29) is 30.4 Å². The zero-order valence-corrected chi connectivity index (χ0v) is 27.3. The van der Waals surface area contributed by atoms with Gasteiger partial charge in [-0.25, -0.2) is 0 Å². The first kappa shape index (κ1) is 35.1. The Morgan fingerprint density at radius 2 is 1.85 bits per heavy atom. The second kappa shape index (κ2) is 19.7. The zero-order chi connectivity index (χ0) is 32.4. The Morgan fingerprint density at radius 3 is 2.57 bits per heavy atom. The number of benzene rings is 2. The van der Waals surface area contributed by atoms with Crippen LogP contribution < -0.4 is 5.32 Å². The fraction of sp³-hybridized carbons (Fsp3) is 0.474. The van der Waals surface area contributed by atoms with Crippen LogP contribution in [0.2, 0.25) is 0 Å². The Morgan fingerprint density at radius 1 is 1.09 bits per heavy atom. The third-order valence-corrected chi connectivity index (χ3v) is 8.98. The summed E-state index contributed by atoms with van der Waals surface area (Å²) in [6.07, 6.45) is 16.6. The van der Waals surface area contributed by atoms with Gasteiger partial charge in [-0.2, -0.15) is 0 Å². The Balaban J connectivity index is 0.000000459. The van der Waals surface area contributed by atoms with E-state index in [2.05, 4.69) is 46.6 Å². The SMILES string of the molecule is COC1=CC=CCC=C1.O=CN(CCN1CCOCC1)Cc1ccc(C2CCCCC2C(=O)NC(CCO)c2ccccc2)cc1. The standard InChI is InChI=1S/C30H41N3O4.C8H10O/c34-19-14-29(26-6-2-1-3-7-26)31-30(36)28-9-5-4-8-27(28)25-12-10-24(11-13-25)22-33(23-35)16-15-32-17-20-37-21-18-32;1-9-8-6-4-2-3-5-7-8/h1-3,6-7,10-13,23,27-29,34H,4-5,8-9,14-22H2,(H,31,36);2,4-7H,3H2,1H3. The van der Waals surface area contributed by atoms with Crippen molar-refractivity contribution in [3.63, 3.8) is 0 Å². The molecule has 3 atom stereocenters. The molecule has 0 bridgehead atoms. The second-order valence-corrected chi connectivity index (χ2v) is 12.1. The molecule has 3 aliphatic rings. The number of hydrogen-bond donors (Lipinski definition) is 2. The van der Waals surface area contributed by atoms with Crippen molar-refractivity contribution in [1.82, 2.24) is 15.1 Å². The van der Waals surface area contributed by atoms with Crippen molar-refractivity contribution in [3.8, 4) is 0 Å². The molecule has 2 aromatic carbocycles. The van der Waals surface area contributed by atoms with Crippen LogP contribution in [0.4, 0.5) is 0 Å². The first-order valence-corrected chi connectivity index (χ1v) is 16.7. The van der Waals surface area contributed by atoms with E-state index in [4.69, 9.17) is 9.47 Å². The molecule has 5 rings (SSSR count). The summed E-state index contributed by atoms with van der Waals surface area (Å²) in [6.45, 7) is 5.54. The molecule has 2 aliphatic carbocycles. The van der Waals surface area contributed by atoms with Crippen LogP contribution in [-0.4, -0.2) is 80.3 Å². The number of carbonyl (C=O) groups is 2. The van der Waals surface area contributed by atoms with Crippen molar-refractivity contribution < 1.29 is 24.2 Å². The van der Waals surface area contributed by atoms with E-state index >= 15 is 0 Å². The van der Waals surface area contributed by atoms with Crippen LogP contribution in [0.3, 0.4) is 0 Å². The summed E-state index contributed by atoms with van der Waals surface area (Å²) in [4.78, 5) is 29.3. The number of ether oxygens (including phenoxy) is 2. The number of nitrogens with one attached hydrogen (secondary N) is 1. The number of carbonyl (C=O) groups excluding carboxylic acids is 2. The lowest BCUT2D eigenvalue weighted by Gasteiger charge is -2.32. The van der Waals surface area contributed by atoms with Crippen molar-refractivity contribution in [2.24, 2.45) is 5.92 Å². The first-order valence-electron chi connectivity index (χ1n) is 16.7. The van der Waals surface area contributed by atoms with E-state index in [9.17, 15) is 14.7 Å². The molecule has 0 radical (unpaired) electrons. The Bertz CT molecular complexity index is 1270. The number of rotatable bonds is 13. The fourth-order valence-corrected chi connectivity index (χ4v) is 6.32. The highest BCUT2D eigenvalue weighted by Gasteiger charge is 2.33. The molecule has 0 aromatic heterocycles. The molecule has 2 amide bonds. The summed E-state index contributed by atoms with van der Waals surface area (Å²) in [5.74, 6) is 1.09. The summed E-state index contributed by atoms with van der Waals surface area (Å²) in [6, 6.07) is 18.2. The Labute approximate surface area is 274 Å². The number of allylic oxidation sites excluding steroid dienone is 5. The number of aliphatic hydroxyl groups is 1. The first-order chi connectivity index (χ1) is 22.6. The van der Waals surface area contributed by atoms with E-state index in [1.54, 1.807) is 7.11 Å². The summed E-state index contributed by atoms with van der Waals surface area (Å²) < 4.78 is 10.4. The maximum atomic E-state index is 13.4. The largest absolute Gasteiger partial charge is 0.497 e. The van der Waals surface area contributed by atoms with Gasteiger partial charge in [0.05, 0.1) is 26.4 Å². The van der Waals surface area contributed by atoms with Crippen molar-refractivity contribution in [2.45, 2.75) is 57.0 Å². The average Bonchev–Trinajstić information content (AvgIpc) is 3.40. The van der Waals surface area contributed by atoms with Gasteiger partial charge in [0.1, 0.15) is 5.76 Å². The lowest BCUT2D eigenvalue weighted by atomic mass is 9.74.